The van der Waals surface area contributed by atoms with Gasteiger partial charge in [-0.15, -0.1) is 0 Å². The van der Waals surface area contributed by atoms with Gasteiger partial charge < -0.3 is 14.8 Å². The Balaban J connectivity index is 1.32. The minimum Gasteiger partial charge on any atom is -0.354 e. The summed E-state index contributed by atoms with van der Waals surface area (Å²) in [6.45, 7) is 1.98. The lowest BCUT2D eigenvalue weighted by Gasteiger charge is -2.39. The van der Waals surface area contributed by atoms with Crippen LogP contribution in [-0.2, 0) is 23.1 Å². The van der Waals surface area contributed by atoms with Gasteiger partial charge in [0.25, 0.3) is 0 Å². The molecule has 2 aromatic rings. The summed E-state index contributed by atoms with van der Waals surface area (Å²) in [5.41, 5.74) is 2.59. The van der Waals surface area contributed by atoms with Crippen molar-refractivity contribution in [3.8, 4) is 0 Å². The summed E-state index contributed by atoms with van der Waals surface area (Å²) in [7, 11) is 2.02. The number of nitrogens with one attached hydrogen (secondary N) is 1. The van der Waals surface area contributed by atoms with Gasteiger partial charge in [0.1, 0.15) is 0 Å². The van der Waals surface area contributed by atoms with Crippen molar-refractivity contribution in [3.63, 3.8) is 0 Å². The van der Waals surface area contributed by atoms with E-state index in [4.69, 9.17) is 0 Å². The van der Waals surface area contributed by atoms with Gasteiger partial charge in [0.05, 0.1) is 0 Å². The van der Waals surface area contributed by atoms with Crippen molar-refractivity contribution >= 4 is 11.8 Å². The van der Waals surface area contributed by atoms with E-state index in [0.717, 1.165) is 38.5 Å². The summed E-state index contributed by atoms with van der Waals surface area (Å²) >= 11 is 0. The maximum atomic E-state index is 12.9. The molecule has 2 aliphatic rings. The third-order valence-electron chi connectivity index (χ3n) is 6.70. The number of benzene rings is 1. The largest absolute Gasteiger partial charge is 0.354 e. The van der Waals surface area contributed by atoms with Gasteiger partial charge >= 0.3 is 11.8 Å². The molecule has 1 N–H and O–H groups in total. The van der Waals surface area contributed by atoms with Gasteiger partial charge in [0.15, 0.2) is 0 Å². The van der Waals surface area contributed by atoms with Gasteiger partial charge in [-0.05, 0) is 69.1 Å². The van der Waals surface area contributed by atoms with E-state index in [9.17, 15) is 9.59 Å². The van der Waals surface area contributed by atoms with Crippen LogP contribution in [0.15, 0.2) is 48.7 Å². The Bertz CT molecular complexity index is 846. The first-order valence-electron chi connectivity index (χ1n) is 10.8. The number of rotatable bonds is 5. The normalized spacial score (nSPS) is 24.3. The molecule has 4 atom stereocenters. The number of carbonyl (C=O) groups excluding carboxylic acids is 2. The van der Waals surface area contributed by atoms with Crippen LogP contribution in [0.3, 0.4) is 0 Å². The lowest BCUT2D eigenvalue weighted by Crippen LogP contribution is -2.52. The predicted molar refractivity (Wildman–Crippen MR) is 113 cm³/mol. The maximum absolute atomic E-state index is 12.9. The van der Waals surface area contributed by atoms with E-state index in [-0.39, 0.29) is 24.0 Å². The maximum Gasteiger partial charge on any atom is 0.312 e. The van der Waals surface area contributed by atoms with E-state index < -0.39 is 5.91 Å². The monoisotopic (exact) mass is 393 g/mol. The highest BCUT2D eigenvalue weighted by molar-refractivity contribution is 6.35. The second-order valence-electron chi connectivity index (χ2n) is 8.70. The fourth-order valence-electron chi connectivity index (χ4n) is 5.10. The van der Waals surface area contributed by atoms with Crippen molar-refractivity contribution in [1.29, 1.82) is 0 Å². The molecule has 0 radical (unpaired) electrons. The van der Waals surface area contributed by atoms with E-state index in [1.165, 1.54) is 11.3 Å². The molecule has 2 unspecified atom stereocenters. The smallest absolute Gasteiger partial charge is 0.312 e. The number of nitrogens with zero attached hydrogens (tertiary/aromatic N) is 2. The summed E-state index contributed by atoms with van der Waals surface area (Å²) in [6, 6.07) is 15.0. The van der Waals surface area contributed by atoms with E-state index in [1.54, 1.807) is 0 Å². The van der Waals surface area contributed by atoms with E-state index in [2.05, 4.69) is 40.2 Å². The van der Waals surface area contributed by atoms with Crippen LogP contribution in [0.5, 0.6) is 0 Å². The molecule has 5 heteroatoms. The zero-order valence-electron chi connectivity index (χ0n) is 17.4. The first-order chi connectivity index (χ1) is 14.0. The number of amides is 2. The Labute approximate surface area is 173 Å². The Morgan fingerprint density at radius 1 is 1.07 bits per heavy atom. The van der Waals surface area contributed by atoms with E-state index in [0.29, 0.717) is 5.92 Å². The lowest BCUT2D eigenvalue weighted by molar-refractivity contribution is -0.149. The van der Waals surface area contributed by atoms with Gasteiger partial charge in [0, 0.05) is 37.1 Å². The number of fused-ring (bicyclic) bond motifs is 2. The number of piperidine rings is 1. The zero-order valence-corrected chi connectivity index (χ0v) is 17.4. The van der Waals surface area contributed by atoms with Gasteiger partial charge in [-0.3, -0.25) is 9.59 Å². The number of aromatic nitrogens is 1. The van der Waals surface area contributed by atoms with Crippen molar-refractivity contribution in [2.45, 2.75) is 69.5 Å². The molecule has 0 spiro atoms. The third-order valence-corrected chi connectivity index (χ3v) is 6.70. The molecular weight excluding hydrogens is 362 g/mol. The van der Waals surface area contributed by atoms with Crippen LogP contribution in [-0.4, -0.2) is 39.4 Å². The van der Waals surface area contributed by atoms with Crippen molar-refractivity contribution < 1.29 is 9.59 Å². The third kappa shape index (κ3) is 4.24. The fourth-order valence-corrected chi connectivity index (χ4v) is 5.10. The van der Waals surface area contributed by atoms with Crippen molar-refractivity contribution in [1.82, 2.24) is 14.8 Å². The van der Waals surface area contributed by atoms with Crippen LogP contribution in [0.25, 0.3) is 0 Å². The molecule has 5 nitrogen and oxygen atoms in total. The van der Waals surface area contributed by atoms with Crippen molar-refractivity contribution in [3.05, 3.63) is 59.9 Å². The van der Waals surface area contributed by atoms with Crippen LogP contribution in [0, 0.1) is 0 Å². The van der Waals surface area contributed by atoms with Crippen LogP contribution >= 0.6 is 0 Å². The average molecular weight is 394 g/mol. The first kappa shape index (κ1) is 19.7. The standard InChI is InChI=1S/C24H31N3O2/c1-17(10-11-20-9-6-14-26(20)2)25-23(28)24(29)27-21-12-13-22(27)16-19(15-21)18-7-4-3-5-8-18/h3-9,14,17,19,21-22H,10-13,15-16H2,1-2H3,(H,25,28)/t17?,19?,21-,22+. The highest BCUT2D eigenvalue weighted by atomic mass is 16.2. The van der Waals surface area contributed by atoms with Gasteiger partial charge in [-0.25, -0.2) is 0 Å². The molecule has 1 aromatic heterocycles. The van der Waals surface area contributed by atoms with Crippen molar-refractivity contribution in [2.75, 3.05) is 0 Å². The molecule has 2 bridgehead atoms. The molecule has 2 amide bonds. The zero-order chi connectivity index (χ0) is 20.4. The number of aryl methyl sites for hydroxylation is 2. The van der Waals surface area contributed by atoms with Gasteiger partial charge in [0.2, 0.25) is 0 Å². The molecule has 3 heterocycles. The molecule has 4 rings (SSSR count). The molecule has 2 saturated heterocycles. The fraction of sp³-hybridized carbons (Fsp3) is 0.500. The van der Waals surface area contributed by atoms with Crippen molar-refractivity contribution in [2.24, 2.45) is 7.05 Å². The van der Waals surface area contributed by atoms with Crippen LogP contribution < -0.4 is 5.32 Å². The number of hydrogen-bond acceptors (Lipinski definition) is 2. The second kappa shape index (κ2) is 8.44. The summed E-state index contributed by atoms with van der Waals surface area (Å²) in [5, 5.41) is 2.93. The Morgan fingerprint density at radius 3 is 2.38 bits per heavy atom. The highest BCUT2D eigenvalue weighted by Crippen LogP contribution is 2.43. The summed E-state index contributed by atoms with van der Waals surface area (Å²) in [5.74, 6) is -0.292. The van der Waals surface area contributed by atoms with E-state index in [1.807, 2.05) is 37.2 Å². The summed E-state index contributed by atoms with van der Waals surface area (Å²) < 4.78 is 2.09. The summed E-state index contributed by atoms with van der Waals surface area (Å²) in [6.07, 6.45) is 7.67. The minimum absolute atomic E-state index is 0.0270. The van der Waals surface area contributed by atoms with Gasteiger partial charge in [-0.1, -0.05) is 30.3 Å². The molecule has 0 saturated carbocycles. The molecule has 154 valence electrons. The Kier molecular flexibility index (Phi) is 5.74. The molecule has 29 heavy (non-hydrogen) atoms. The molecule has 1 aromatic carbocycles. The van der Waals surface area contributed by atoms with Crippen LogP contribution in [0.1, 0.15) is 56.2 Å². The molecule has 2 aliphatic heterocycles. The first-order valence-corrected chi connectivity index (χ1v) is 10.8. The number of hydrogen-bond donors (Lipinski definition) is 1. The lowest BCUT2D eigenvalue weighted by atomic mass is 9.85. The predicted octanol–water partition coefficient (Wildman–Crippen LogP) is 3.40. The molecular formula is C24H31N3O2. The molecule has 2 fully saturated rings. The molecule has 0 aliphatic carbocycles. The second-order valence-corrected chi connectivity index (χ2v) is 8.70. The van der Waals surface area contributed by atoms with E-state index >= 15 is 0 Å². The SMILES string of the molecule is CC(CCc1cccn1C)NC(=O)C(=O)N1[C@@H]2CC[C@H]1CC(c1ccccc1)C2. The highest BCUT2D eigenvalue weighted by Gasteiger charge is 2.45. The quantitative estimate of drug-likeness (QED) is 0.792. The Morgan fingerprint density at radius 2 is 1.76 bits per heavy atom. The average Bonchev–Trinajstić information content (AvgIpc) is 3.25. The number of carbonyl (C=O) groups is 2. The van der Waals surface area contributed by atoms with Crippen LogP contribution in [0.4, 0.5) is 0 Å². The minimum atomic E-state index is -0.445. The van der Waals surface area contributed by atoms with Crippen LogP contribution in [0.2, 0.25) is 0 Å². The summed E-state index contributed by atoms with van der Waals surface area (Å²) in [4.78, 5) is 27.5. The Hall–Kier alpha value is -2.56. The topological polar surface area (TPSA) is 54.3 Å². The van der Waals surface area contributed by atoms with Gasteiger partial charge in [-0.2, -0.15) is 0 Å².